The number of anilines is 3. The van der Waals surface area contributed by atoms with Gasteiger partial charge in [0.25, 0.3) is 0 Å². The molecule has 0 bridgehead atoms. The summed E-state index contributed by atoms with van der Waals surface area (Å²) >= 11 is 1.14. The Balaban J connectivity index is 2.41. The summed E-state index contributed by atoms with van der Waals surface area (Å²) in [6, 6.07) is 5.84. The van der Waals surface area contributed by atoms with Crippen LogP contribution in [0, 0.1) is 24.4 Å². The summed E-state index contributed by atoms with van der Waals surface area (Å²) in [4.78, 5) is 11.9. The van der Waals surface area contributed by atoms with Crippen molar-refractivity contribution < 1.29 is 23.1 Å². The van der Waals surface area contributed by atoms with Crippen molar-refractivity contribution in [1.82, 2.24) is 5.32 Å². The number of carbonyl (C=O) groups excluding carboxylic acids is 1. The van der Waals surface area contributed by atoms with Crippen LogP contribution in [0.15, 0.2) is 52.4 Å². The van der Waals surface area contributed by atoms with Crippen LogP contribution in [0.5, 0.6) is 0 Å². The van der Waals surface area contributed by atoms with Crippen molar-refractivity contribution in [2.24, 2.45) is 0 Å². The fourth-order valence-corrected chi connectivity index (χ4v) is 3.85. The normalized spacial score (nSPS) is 11.5. The average molecular weight is 466 g/mol. The van der Waals surface area contributed by atoms with Gasteiger partial charge < -0.3 is 21.1 Å². The van der Waals surface area contributed by atoms with Crippen molar-refractivity contribution in [3.63, 3.8) is 0 Å². The molecule has 32 heavy (non-hydrogen) atoms. The highest BCUT2D eigenvalue weighted by atomic mass is 32.2. The molecule has 0 aliphatic heterocycles. The minimum Gasteiger partial charge on any atom is -0.394 e. The molecule has 0 heterocycles. The predicted octanol–water partition coefficient (Wildman–Crippen LogP) is 5.56. The standard InChI is InChI=1S/C23H26F3N3O2S/c1-12(2)23(32-15(5)27-14(4)31)20(11-30)28-19-9-7-16(24)21(26)22(19)29-18-8-6-13(3)10-17(18)25/h6-10,20,28-30H,5,11H2,1-4H3,(H,27,31). The second-order valence-electron chi connectivity index (χ2n) is 7.34. The molecule has 0 saturated heterocycles. The number of aliphatic hydroxyl groups is 1. The number of nitrogens with one attached hydrogen (secondary N) is 3. The lowest BCUT2D eigenvalue weighted by molar-refractivity contribution is -0.118. The number of halogens is 3. The Morgan fingerprint density at radius 2 is 1.75 bits per heavy atom. The Morgan fingerprint density at radius 3 is 2.31 bits per heavy atom. The van der Waals surface area contributed by atoms with Crippen LogP contribution in [0.1, 0.15) is 26.3 Å². The van der Waals surface area contributed by atoms with E-state index in [1.54, 1.807) is 26.8 Å². The molecule has 172 valence electrons. The summed E-state index contributed by atoms with van der Waals surface area (Å²) in [7, 11) is 0. The molecular weight excluding hydrogens is 439 g/mol. The Labute approximate surface area is 189 Å². The molecule has 9 heteroatoms. The zero-order chi connectivity index (χ0) is 24.0. The average Bonchev–Trinajstić information content (AvgIpc) is 2.70. The summed E-state index contributed by atoms with van der Waals surface area (Å²) in [5.41, 5.74) is 1.28. The van der Waals surface area contributed by atoms with Crippen molar-refractivity contribution >= 4 is 34.7 Å². The highest BCUT2D eigenvalue weighted by Gasteiger charge is 2.22. The molecule has 0 fully saturated rings. The molecule has 2 rings (SSSR count). The number of hydrogen-bond acceptors (Lipinski definition) is 5. The van der Waals surface area contributed by atoms with Gasteiger partial charge in [0.05, 0.1) is 29.1 Å². The van der Waals surface area contributed by atoms with Crippen molar-refractivity contribution in [2.45, 2.75) is 33.7 Å². The molecule has 5 nitrogen and oxygen atoms in total. The van der Waals surface area contributed by atoms with Gasteiger partial charge in [0, 0.05) is 11.8 Å². The smallest absolute Gasteiger partial charge is 0.221 e. The number of hydrogen-bond donors (Lipinski definition) is 4. The highest BCUT2D eigenvalue weighted by Crippen LogP contribution is 2.35. The molecule has 0 radical (unpaired) electrons. The van der Waals surface area contributed by atoms with E-state index in [0.29, 0.717) is 15.5 Å². The van der Waals surface area contributed by atoms with Gasteiger partial charge in [-0.3, -0.25) is 4.79 Å². The van der Waals surface area contributed by atoms with E-state index in [4.69, 9.17) is 0 Å². The third-order valence-corrected chi connectivity index (χ3v) is 5.61. The van der Waals surface area contributed by atoms with E-state index in [2.05, 4.69) is 22.5 Å². The minimum atomic E-state index is -1.19. The SMILES string of the molecule is C=C(NC(C)=O)SC(=C(C)C)C(CO)Nc1ccc(F)c(F)c1Nc1ccc(C)cc1F. The Bertz CT molecular complexity index is 1050. The Hall–Kier alpha value is -2.91. The van der Waals surface area contributed by atoms with Crippen LogP contribution in [0.2, 0.25) is 0 Å². The van der Waals surface area contributed by atoms with Crippen molar-refractivity contribution in [3.8, 4) is 0 Å². The first-order valence-electron chi connectivity index (χ1n) is 9.73. The summed E-state index contributed by atoms with van der Waals surface area (Å²) < 4.78 is 43.0. The van der Waals surface area contributed by atoms with Gasteiger partial charge in [-0.15, -0.1) is 0 Å². The van der Waals surface area contributed by atoms with E-state index < -0.39 is 30.1 Å². The number of aryl methyl sites for hydroxylation is 1. The molecule has 2 aromatic rings. The van der Waals surface area contributed by atoms with E-state index in [0.717, 1.165) is 23.4 Å². The van der Waals surface area contributed by atoms with E-state index in [-0.39, 0.29) is 23.0 Å². The summed E-state index contributed by atoms with van der Waals surface area (Å²) in [6.07, 6.45) is 0. The molecule has 0 saturated carbocycles. The van der Waals surface area contributed by atoms with Gasteiger partial charge in [-0.2, -0.15) is 0 Å². The lowest BCUT2D eigenvalue weighted by atomic mass is 10.1. The fourth-order valence-electron chi connectivity index (χ4n) is 2.91. The van der Waals surface area contributed by atoms with Crippen LogP contribution in [-0.4, -0.2) is 23.7 Å². The lowest BCUT2D eigenvalue weighted by Crippen LogP contribution is -2.27. The maximum absolute atomic E-state index is 14.7. The number of carbonyl (C=O) groups is 1. The van der Waals surface area contributed by atoms with E-state index in [9.17, 15) is 23.1 Å². The maximum Gasteiger partial charge on any atom is 0.221 e. The summed E-state index contributed by atoms with van der Waals surface area (Å²) in [6.45, 7) is 10.1. The minimum absolute atomic E-state index is 0.0282. The fraction of sp³-hybridized carbons (Fsp3) is 0.261. The van der Waals surface area contributed by atoms with Gasteiger partial charge >= 0.3 is 0 Å². The lowest BCUT2D eigenvalue weighted by Gasteiger charge is -2.25. The second kappa shape index (κ2) is 11.1. The third-order valence-electron chi connectivity index (χ3n) is 4.35. The monoisotopic (exact) mass is 465 g/mol. The highest BCUT2D eigenvalue weighted by molar-refractivity contribution is 8.06. The number of amides is 1. The number of thioether (sulfide) groups is 1. The Morgan fingerprint density at radius 1 is 1.09 bits per heavy atom. The van der Waals surface area contributed by atoms with Gasteiger partial charge in [0.2, 0.25) is 5.91 Å². The first kappa shape index (κ1) is 25.4. The van der Waals surface area contributed by atoms with Gasteiger partial charge in [-0.05, 0) is 50.6 Å². The van der Waals surface area contributed by atoms with Crippen LogP contribution in [0.3, 0.4) is 0 Å². The van der Waals surface area contributed by atoms with Crippen LogP contribution in [0.25, 0.3) is 0 Å². The van der Waals surface area contributed by atoms with Crippen molar-refractivity contribution in [2.75, 3.05) is 17.2 Å². The zero-order valence-electron chi connectivity index (χ0n) is 18.3. The first-order chi connectivity index (χ1) is 15.0. The maximum atomic E-state index is 14.7. The topological polar surface area (TPSA) is 73.4 Å². The number of aliphatic hydroxyl groups excluding tert-OH is 1. The zero-order valence-corrected chi connectivity index (χ0v) is 19.1. The summed E-state index contributed by atoms with van der Waals surface area (Å²) in [5.74, 6) is -3.22. The number of benzene rings is 2. The van der Waals surface area contributed by atoms with Gasteiger partial charge in [-0.25, -0.2) is 13.2 Å². The molecule has 1 amide bonds. The Kier molecular flexibility index (Phi) is 8.80. The van der Waals surface area contributed by atoms with Gasteiger partial charge in [-0.1, -0.05) is 30.0 Å². The van der Waals surface area contributed by atoms with E-state index >= 15 is 0 Å². The van der Waals surface area contributed by atoms with Gasteiger partial charge in [0.15, 0.2) is 11.6 Å². The number of allylic oxidation sites excluding steroid dienone is 1. The van der Waals surface area contributed by atoms with E-state index in [1.165, 1.54) is 25.1 Å². The molecule has 0 aromatic heterocycles. The van der Waals surface area contributed by atoms with E-state index in [1.807, 2.05) is 0 Å². The molecule has 2 aromatic carbocycles. The van der Waals surface area contributed by atoms with Crippen LogP contribution in [0.4, 0.5) is 30.2 Å². The van der Waals surface area contributed by atoms with Crippen LogP contribution >= 0.6 is 11.8 Å². The quantitative estimate of drug-likeness (QED) is 0.390. The third kappa shape index (κ3) is 6.54. The second-order valence-corrected chi connectivity index (χ2v) is 8.48. The molecule has 1 atom stereocenters. The molecule has 0 spiro atoms. The van der Waals surface area contributed by atoms with Gasteiger partial charge in [0.1, 0.15) is 11.5 Å². The van der Waals surface area contributed by atoms with Crippen LogP contribution in [-0.2, 0) is 4.79 Å². The molecular formula is C23H26F3N3O2S. The first-order valence-corrected chi connectivity index (χ1v) is 10.5. The van der Waals surface area contributed by atoms with Crippen LogP contribution < -0.4 is 16.0 Å². The molecule has 0 aliphatic carbocycles. The molecule has 1 unspecified atom stereocenters. The molecule has 0 aliphatic rings. The predicted molar refractivity (Wildman–Crippen MR) is 124 cm³/mol. The summed E-state index contributed by atoms with van der Waals surface area (Å²) in [5, 5.41) is 18.5. The number of rotatable bonds is 9. The molecule has 4 N–H and O–H groups in total. The van der Waals surface area contributed by atoms with Crippen molar-refractivity contribution in [3.05, 3.63) is 75.4 Å². The largest absolute Gasteiger partial charge is 0.394 e. The van der Waals surface area contributed by atoms with Crippen molar-refractivity contribution in [1.29, 1.82) is 0 Å².